The van der Waals surface area contributed by atoms with Crippen LogP contribution in [-0.4, -0.2) is 46.0 Å². The van der Waals surface area contributed by atoms with Crippen molar-refractivity contribution < 1.29 is 4.79 Å². The maximum absolute atomic E-state index is 12.8. The van der Waals surface area contributed by atoms with E-state index in [0.717, 1.165) is 66.3 Å². The van der Waals surface area contributed by atoms with Gasteiger partial charge in [-0.3, -0.25) is 9.20 Å². The van der Waals surface area contributed by atoms with Crippen LogP contribution < -0.4 is 5.43 Å². The topological polar surface area (TPSA) is 62.0 Å². The van der Waals surface area contributed by atoms with Crippen molar-refractivity contribution in [3.8, 4) is 11.3 Å². The first kappa shape index (κ1) is 23.4. The van der Waals surface area contributed by atoms with E-state index in [1.54, 1.807) is 17.6 Å². The number of carbonyl (C=O) groups excluding carboxylic acids is 1. The molecular formula is C25H28ClN5OS. The Labute approximate surface area is 203 Å². The summed E-state index contributed by atoms with van der Waals surface area (Å²) in [7, 11) is 0. The van der Waals surface area contributed by atoms with Gasteiger partial charge in [0, 0.05) is 12.1 Å². The van der Waals surface area contributed by atoms with Crippen LogP contribution in [0, 0.1) is 5.92 Å². The van der Waals surface area contributed by atoms with Crippen LogP contribution in [0.1, 0.15) is 31.9 Å². The fourth-order valence-electron chi connectivity index (χ4n) is 4.50. The average molecular weight is 482 g/mol. The molecule has 1 N–H and O–H groups in total. The van der Waals surface area contributed by atoms with Crippen LogP contribution >= 0.6 is 23.7 Å². The minimum atomic E-state index is -0.00604. The number of imidazole rings is 1. The number of rotatable bonds is 6. The Morgan fingerprint density at radius 2 is 2.00 bits per heavy atom. The van der Waals surface area contributed by atoms with E-state index in [1.165, 1.54) is 4.70 Å². The summed E-state index contributed by atoms with van der Waals surface area (Å²) in [5, 5.41) is 4.38. The molecule has 2 aromatic heterocycles. The zero-order chi connectivity index (χ0) is 21.9. The van der Waals surface area contributed by atoms with Crippen LogP contribution in [0.5, 0.6) is 0 Å². The number of piperidine rings is 1. The Balaban J connectivity index is 0.00000259. The molecule has 0 bridgehead atoms. The molecule has 8 heteroatoms. The van der Waals surface area contributed by atoms with Gasteiger partial charge in [0.1, 0.15) is 0 Å². The van der Waals surface area contributed by atoms with Crippen molar-refractivity contribution >= 4 is 51.0 Å². The Hall–Kier alpha value is -2.74. The van der Waals surface area contributed by atoms with Crippen molar-refractivity contribution in [1.82, 2.24) is 19.7 Å². The van der Waals surface area contributed by atoms with Crippen molar-refractivity contribution in [3.63, 3.8) is 0 Å². The van der Waals surface area contributed by atoms with E-state index in [9.17, 15) is 4.79 Å². The number of aromatic nitrogens is 2. The molecule has 0 saturated carbocycles. The molecule has 0 aliphatic carbocycles. The van der Waals surface area contributed by atoms with Gasteiger partial charge in [0.15, 0.2) is 4.96 Å². The maximum atomic E-state index is 12.8. The van der Waals surface area contributed by atoms with E-state index in [4.69, 9.17) is 4.98 Å². The number of halogens is 1. The van der Waals surface area contributed by atoms with Gasteiger partial charge < -0.3 is 4.90 Å². The number of thiazole rings is 1. The Kier molecular flexibility index (Phi) is 7.42. The standard InChI is InChI=1S/C25H27N5OS.ClH/c1-2-14-29-15-8-11-19(17-29)24(31)28-26-16-21-23(18-9-4-3-5-10-18)27-25-30(21)20-12-6-7-13-22(20)32-25;/h3-7,9-10,12-13,16,19H,2,8,11,14-15,17H2,1H3,(H,28,31);1H. The largest absolute Gasteiger partial charge is 0.303 e. The van der Waals surface area contributed by atoms with E-state index in [1.807, 2.05) is 30.3 Å². The smallest absolute Gasteiger partial charge is 0.244 e. The minimum Gasteiger partial charge on any atom is -0.303 e. The van der Waals surface area contributed by atoms with Crippen molar-refractivity contribution in [2.24, 2.45) is 11.0 Å². The van der Waals surface area contributed by atoms with Crippen LogP contribution in [-0.2, 0) is 4.79 Å². The molecule has 1 saturated heterocycles. The molecule has 0 spiro atoms. The number of nitrogens with zero attached hydrogens (tertiary/aromatic N) is 4. The van der Waals surface area contributed by atoms with Crippen molar-refractivity contribution in [1.29, 1.82) is 0 Å². The molecule has 1 unspecified atom stereocenters. The molecule has 3 heterocycles. The molecule has 172 valence electrons. The SMILES string of the molecule is CCCN1CCCC(C(=O)NN=Cc2c(-c3ccccc3)nc3sc4ccccc4n23)C1.Cl. The zero-order valence-electron chi connectivity index (χ0n) is 18.6. The number of likely N-dealkylation sites (tertiary alicyclic amines) is 1. The molecule has 2 aromatic carbocycles. The third kappa shape index (κ3) is 4.81. The Bertz CT molecular complexity index is 1260. The monoisotopic (exact) mass is 481 g/mol. The van der Waals surface area contributed by atoms with Gasteiger partial charge in [-0.2, -0.15) is 5.10 Å². The fraction of sp³-hybridized carbons (Fsp3) is 0.320. The first-order valence-electron chi connectivity index (χ1n) is 11.2. The fourth-order valence-corrected chi connectivity index (χ4v) is 5.54. The van der Waals surface area contributed by atoms with Crippen LogP contribution in [0.3, 0.4) is 0 Å². The van der Waals surface area contributed by atoms with Gasteiger partial charge in [0.2, 0.25) is 5.91 Å². The van der Waals surface area contributed by atoms with Gasteiger partial charge in [0.05, 0.1) is 33.7 Å². The predicted octanol–water partition coefficient (Wildman–Crippen LogP) is 5.21. The summed E-state index contributed by atoms with van der Waals surface area (Å²) in [5.41, 5.74) is 6.67. The molecule has 1 amide bonds. The average Bonchev–Trinajstić information content (AvgIpc) is 3.36. The first-order chi connectivity index (χ1) is 15.7. The highest BCUT2D eigenvalue weighted by atomic mass is 35.5. The van der Waals surface area contributed by atoms with E-state index in [-0.39, 0.29) is 24.2 Å². The number of hydrogen-bond acceptors (Lipinski definition) is 5. The van der Waals surface area contributed by atoms with Gasteiger partial charge in [-0.05, 0) is 44.5 Å². The van der Waals surface area contributed by atoms with E-state index in [2.05, 4.69) is 51.0 Å². The van der Waals surface area contributed by atoms with Gasteiger partial charge >= 0.3 is 0 Å². The summed E-state index contributed by atoms with van der Waals surface area (Å²) >= 11 is 1.66. The van der Waals surface area contributed by atoms with Crippen LogP contribution in [0.4, 0.5) is 0 Å². The lowest BCUT2D eigenvalue weighted by atomic mass is 9.97. The van der Waals surface area contributed by atoms with Gasteiger partial charge in [-0.25, -0.2) is 10.4 Å². The van der Waals surface area contributed by atoms with E-state index >= 15 is 0 Å². The Morgan fingerprint density at radius 3 is 2.82 bits per heavy atom. The lowest BCUT2D eigenvalue weighted by Gasteiger charge is -2.31. The quantitative estimate of drug-likeness (QED) is 0.304. The Morgan fingerprint density at radius 1 is 1.21 bits per heavy atom. The molecule has 0 radical (unpaired) electrons. The van der Waals surface area contributed by atoms with Crippen LogP contribution in [0.2, 0.25) is 0 Å². The lowest BCUT2D eigenvalue weighted by Crippen LogP contribution is -2.42. The molecule has 5 rings (SSSR count). The van der Waals surface area contributed by atoms with Crippen molar-refractivity contribution in [3.05, 3.63) is 60.3 Å². The van der Waals surface area contributed by atoms with Crippen molar-refractivity contribution in [2.45, 2.75) is 26.2 Å². The van der Waals surface area contributed by atoms with E-state index < -0.39 is 0 Å². The third-order valence-electron chi connectivity index (χ3n) is 6.01. The molecule has 4 aromatic rings. The summed E-state index contributed by atoms with van der Waals surface area (Å²) in [6.45, 7) is 5.13. The third-order valence-corrected chi connectivity index (χ3v) is 7.04. The number of carbonyl (C=O) groups is 1. The number of hydrazone groups is 1. The van der Waals surface area contributed by atoms with Gasteiger partial charge in [-0.1, -0.05) is 60.7 Å². The second kappa shape index (κ2) is 10.5. The summed E-state index contributed by atoms with van der Waals surface area (Å²) < 4.78 is 3.30. The second-order valence-corrected chi connectivity index (χ2v) is 9.28. The van der Waals surface area contributed by atoms with E-state index in [0.29, 0.717) is 0 Å². The van der Waals surface area contributed by atoms with Gasteiger partial charge in [-0.15, -0.1) is 12.4 Å². The number of para-hydroxylation sites is 1. The number of fused-ring (bicyclic) bond motifs is 3. The molecule has 6 nitrogen and oxygen atoms in total. The number of amides is 1. The normalized spacial score (nSPS) is 16.9. The van der Waals surface area contributed by atoms with Crippen molar-refractivity contribution in [2.75, 3.05) is 19.6 Å². The van der Waals surface area contributed by atoms with Crippen LogP contribution in [0.25, 0.3) is 26.4 Å². The molecule has 1 aliphatic heterocycles. The first-order valence-corrected chi connectivity index (χ1v) is 12.1. The molecule has 1 fully saturated rings. The predicted molar refractivity (Wildman–Crippen MR) is 138 cm³/mol. The molecule has 33 heavy (non-hydrogen) atoms. The molecular weight excluding hydrogens is 454 g/mol. The number of benzene rings is 2. The maximum Gasteiger partial charge on any atom is 0.244 e. The highest BCUT2D eigenvalue weighted by molar-refractivity contribution is 7.23. The van der Waals surface area contributed by atoms with Crippen LogP contribution in [0.15, 0.2) is 59.7 Å². The molecule has 1 aliphatic rings. The zero-order valence-corrected chi connectivity index (χ0v) is 20.2. The minimum absolute atomic E-state index is 0. The highest BCUT2D eigenvalue weighted by Gasteiger charge is 2.25. The lowest BCUT2D eigenvalue weighted by molar-refractivity contribution is -0.126. The number of nitrogens with one attached hydrogen (secondary N) is 1. The molecule has 1 atom stereocenters. The summed E-state index contributed by atoms with van der Waals surface area (Å²) in [6, 6.07) is 18.4. The number of hydrogen-bond donors (Lipinski definition) is 1. The second-order valence-electron chi connectivity index (χ2n) is 8.27. The van der Waals surface area contributed by atoms with Gasteiger partial charge in [0.25, 0.3) is 0 Å². The summed E-state index contributed by atoms with van der Waals surface area (Å²) in [4.78, 5) is 21.0. The summed E-state index contributed by atoms with van der Waals surface area (Å²) in [5.74, 6) is -0.00673. The summed E-state index contributed by atoms with van der Waals surface area (Å²) in [6.07, 6.45) is 4.83. The highest BCUT2D eigenvalue weighted by Crippen LogP contribution is 2.32.